The molecule has 162 valence electrons. The van der Waals surface area contributed by atoms with Crippen LogP contribution in [0.2, 0.25) is 0 Å². The molecule has 1 heterocycles. The number of nitrogens with zero attached hydrogens (tertiary/aromatic N) is 2. The van der Waals surface area contributed by atoms with Gasteiger partial charge in [-0.2, -0.15) is 4.98 Å². The number of rotatable bonds is 7. The van der Waals surface area contributed by atoms with Crippen LogP contribution in [0, 0.1) is 0 Å². The summed E-state index contributed by atoms with van der Waals surface area (Å²) in [5.74, 6) is 0.880. The van der Waals surface area contributed by atoms with E-state index in [4.69, 9.17) is 9.88 Å². The number of methoxy groups -OCH3 is 1. The van der Waals surface area contributed by atoms with Crippen molar-refractivity contribution in [2.45, 2.75) is 11.4 Å². The predicted molar refractivity (Wildman–Crippen MR) is 122 cm³/mol. The van der Waals surface area contributed by atoms with Crippen molar-refractivity contribution in [3.05, 3.63) is 90.1 Å². The van der Waals surface area contributed by atoms with Crippen molar-refractivity contribution in [3.63, 3.8) is 0 Å². The van der Waals surface area contributed by atoms with Crippen LogP contribution in [0.25, 0.3) is 22.5 Å². The highest BCUT2D eigenvalue weighted by Gasteiger charge is 2.19. The summed E-state index contributed by atoms with van der Waals surface area (Å²) in [4.78, 5) is 16.4. The van der Waals surface area contributed by atoms with Crippen LogP contribution in [-0.2, 0) is 16.6 Å². The molecule has 0 bridgehead atoms. The Kier molecular flexibility index (Phi) is 5.89. The van der Waals surface area contributed by atoms with Crippen LogP contribution in [0.15, 0.2) is 83.8 Å². The van der Waals surface area contributed by atoms with Gasteiger partial charge in [0.25, 0.3) is 0 Å². The number of benzene rings is 3. The third kappa shape index (κ3) is 4.18. The monoisotopic (exact) mass is 447 g/mol. The summed E-state index contributed by atoms with van der Waals surface area (Å²) in [5, 5.41) is 5.36. The second-order valence-electron chi connectivity index (χ2n) is 7.14. The van der Waals surface area contributed by atoms with E-state index < -0.39 is 10.0 Å². The number of carbonyl (C=O) groups excluding carboxylic acids is 1. The van der Waals surface area contributed by atoms with E-state index in [2.05, 4.69) is 4.98 Å². The molecular weight excluding hydrogens is 426 g/mol. The van der Waals surface area contributed by atoms with Gasteiger partial charge in [0.05, 0.1) is 12.0 Å². The minimum absolute atomic E-state index is 0.0710. The number of carbonyl (C=O) groups is 1. The SMILES string of the molecule is COc1nc(-c2ccccc2)n(Cc2ccc(-c3ccccc3S(N)(=O)=O)cc2)c1C=O. The number of aldehydes is 1. The van der Waals surface area contributed by atoms with Gasteiger partial charge in [-0.1, -0.05) is 72.8 Å². The molecule has 8 heteroatoms. The van der Waals surface area contributed by atoms with Gasteiger partial charge in [-0.15, -0.1) is 0 Å². The molecule has 0 saturated heterocycles. The molecule has 0 aliphatic rings. The van der Waals surface area contributed by atoms with Gasteiger partial charge in [0.1, 0.15) is 11.5 Å². The minimum Gasteiger partial charge on any atom is -0.479 e. The molecule has 0 spiro atoms. The van der Waals surface area contributed by atoms with Gasteiger partial charge in [-0.05, 0) is 17.2 Å². The number of sulfonamides is 1. The first-order valence-corrected chi connectivity index (χ1v) is 11.3. The molecule has 0 saturated carbocycles. The molecule has 1 aromatic heterocycles. The summed E-state index contributed by atoms with van der Waals surface area (Å²) in [5.41, 5.74) is 3.36. The molecule has 4 rings (SSSR count). The first kappa shape index (κ1) is 21.5. The Hall–Kier alpha value is -3.75. The highest BCUT2D eigenvalue weighted by atomic mass is 32.2. The number of hydrogen-bond acceptors (Lipinski definition) is 5. The fourth-order valence-corrected chi connectivity index (χ4v) is 4.36. The van der Waals surface area contributed by atoms with E-state index in [9.17, 15) is 13.2 Å². The quantitative estimate of drug-likeness (QED) is 0.435. The average molecular weight is 448 g/mol. The molecule has 7 nitrogen and oxygen atoms in total. The smallest absolute Gasteiger partial charge is 0.243 e. The highest BCUT2D eigenvalue weighted by molar-refractivity contribution is 7.89. The molecule has 32 heavy (non-hydrogen) atoms. The minimum atomic E-state index is -3.85. The zero-order valence-electron chi connectivity index (χ0n) is 17.3. The van der Waals surface area contributed by atoms with Crippen molar-refractivity contribution in [2.24, 2.45) is 5.14 Å². The van der Waals surface area contributed by atoms with Crippen molar-refractivity contribution in [3.8, 4) is 28.4 Å². The molecule has 0 radical (unpaired) electrons. The van der Waals surface area contributed by atoms with Gasteiger partial charge in [0, 0.05) is 17.7 Å². The van der Waals surface area contributed by atoms with E-state index >= 15 is 0 Å². The van der Waals surface area contributed by atoms with Crippen LogP contribution in [0.1, 0.15) is 16.1 Å². The molecule has 4 aromatic rings. The summed E-state index contributed by atoms with van der Waals surface area (Å²) in [7, 11) is -2.37. The number of nitrogens with two attached hydrogens (primary N) is 1. The molecular formula is C24H21N3O4S. The Bertz CT molecular complexity index is 1360. The van der Waals surface area contributed by atoms with E-state index in [-0.39, 0.29) is 10.8 Å². The normalized spacial score (nSPS) is 11.3. The van der Waals surface area contributed by atoms with Gasteiger partial charge in [0.15, 0.2) is 6.29 Å². The molecule has 3 aromatic carbocycles. The number of primary sulfonamides is 1. The molecule has 2 N–H and O–H groups in total. The Morgan fingerprint density at radius 2 is 1.59 bits per heavy atom. The lowest BCUT2D eigenvalue weighted by molar-refractivity contribution is 0.111. The zero-order valence-corrected chi connectivity index (χ0v) is 18.1. The first-order chi connectivity index (χ1) is 15.4. The Morgan fingerprint density at radius 3 is 2.22 bits per heavy atom. The van der Waals surface area contributed by atoms with E-state index in [1.165, 1.54) is 13.2 Å². The van der Waals surface area contributed by atoms with Crippen molar-refractivity contribution in [2.75, 3.05) is 7.11 Å². The van der Waals surface area contributed by atoms with E-state index in [1.54, 1.807) is 22.8 Å². The molecule has 0 aliphatic carbocycles. The fraction of sp³-hybridized carbons (Fsp3) is 0.0833. The maximum absolute atomic E-state index is 11.9. The second kappa shape index (κ2) is 8.78. The van der Waals surface area contributed by atoms with Gasteiger partial charge < -0.3 is 9.30 Å². The van der Waals surface area contributed by atoms with Crippen LogP contribution in [0.3, 0.4) is 0 Å². The summed E-state index contributed by atoms with van der Waals surface area (Å²) in [6.07, 6.45) is 0.731. The summed E-state index contributed by atoms with van der Waals surface area (Å²) < 4.78 is 31.0. The predicted octanol–water partition coefficient (Wildman–Crippen LogP) is 3.73. The van der Waals surface area contributed by atoms with Crippen LogP contribution >= 0.6 is 0 Å². The van der Waals surface area contributed by atoms with Gasteiger partial charge in [-0.3, -0.25) is 4.79 Å². The van der Waals surface area contributed by atoms with Crippen molar-refractivity contribution in [1.82, 2.24) is 9.55 Å². The second-order valence-corrected chi connectivity index (χ2v) is 8.67. The summed E-state index contributed by atoms with van der Waals surface area (Å²) in [6, 6.07) is 23.6. The fourth-order valence-electron chi connectivity index (χ4n) is 3.60. The topological polar surface area (TPSA) is 104 Å². The largest absolute Gasteiger partial charge is 0.479 e. The number of ether oxygens (including phenoxy) is 1. The van der Waals surface area contributed by atoms with E-state index in [0.29, 0.717) is 23.6 Å². The summed E-state index contributed by atoms with van der Waals surface area (Å²) >= 11 is 0. The molecule has 0 amide bonds. The Balaban J connectivity index is 1.73. The van der Waals surface area contributed by atoms with Crippen LogP contribution in [0.4, 0.5) is 0 Å². The van der Waals surface area contributed by atoms with Gasteiger partial charge >= 0.3 is 0 Å². The highest BCUT2D eigenvalue weighted by Crippen LogP contribution is 2.29. The Morgan fingerprint density at radius 1 is 0.938 bits per heavy atom. The molecule has 0 atom stereocenters. The lowest BCUT2D eigenvalue weighted by Crippen LogP contribution is -2.13. The molecule has 0 unspecified atom stereocenters. The first-order valence-electron chi connectivity index (χ1n) is 9.78. The third-order valence-electron chi connectivity index (χ3n) is 5.11. The van der Waals surface area contributed by atoms with Crippen molar-refractivity contribution in [1.29, 1.82) is 0 Å². The van der Waals surface area contributed by atoms with Crippen LogP contribution in [0.5, 0.6) is 5.88 Å². The summed E-state index contributed by atoms with van der Waals surface area (Å²) in [6.45, 7) is 0.381. The van der Waals surface area contributed by atoms with Crippen molar-refractivity contribution < 1.29 is 17.9 Å². The number of aromatic nitrogens is 2. The maximum atomic E-state index is 11.9. The van der Waals surface area contributed by atoms with E-state index in [0.717, 1.165) is 23.0 Å². The lowest BCUT2D eigenvalue weighted by Gasteiger charge is -2.12. The molecule has 0 aliphatic heterocycles. The number of imidazole rings is 1. The third-order valence-corrected chi connectivity index (χ3v) is 6.08. The van der Waals surface area contributed by atoms with Gasteiger partial charge in [-0.25, -0.2) is 13.6 Å². The van der Waals surface area contributed by atoms with Crippen molar-refractivity contribution >= 4 is 16.3 Å². The van der Waals surface area contributed by atoms with Crippen LogP contribution < -0.4 is 9.88 Å². The van der Waals surface area contributed by atoms with Crippen LogP contribution in [-0.4, -0.2) is 31.4 Å². The number of hydrogen-bond donors (Lipinski definition) is 1. The maximum Gasteiger partial charge on any atom is 0.243 e. The standard InChI is InChI=1S/C24H21N3O4S/c1-31-24-21(16-28)27(23(26-24)19-7-3-2-4-8-19)15-17-11-13-18(14-12-17)20-9-5-6-10-22(20)32(25,29)30/h2-14,16H,15H2,1H3,(H2,25,29,30). The average Bonchev–Trinajstić information content (AvgIpc) is 3.17. The zero-order chi connectivity index (χ0) is 22.7. The lowest BCUT2D eigenvalue weighted by atomic mass is 10.0. The van der Waals surface area contributed by atoms with E-state index in [1.807, 2.05) is 54.6 Å². The van der Waals surface area contributed by atoms with Gasteiger partial charge in [0.2, 0.25) is 15.9 Å². The Labute approximate surface area is 186 Å². The molecule has 0 fully saturated rings.